The molecule has 4 aromatic rings. The summed E-state index contributed by atoms with van der Waals surface area (Å²) in [5.41, 5.74) is 4.19. The Morgan fingerprint density at radius 2 is 1.05 bits per heavy atom. The Balaban J connectivity index is 0.000000311. The van der Waals surface area contributed by atoms with Crippen molar-refractivity contribution in [1.29, 1.82) is 0 Å². The van der Waals surface area contributed by atoms with Crippen LogP contribution in [0, 0.1) is 23.3 Å². The molecular formula is C60H85ClF4N8O6. The summed E-state index contributed by atoms with van der Waals surface area (Å²) >= 11 is 4.90. The fraction of sp³-hybridized carbons (Fsp3) is 0.533. The highest BCUT2D eigenvalue weighted by molar-refractivity contribution is 6.62. The molecule has 5 amide bonds. The van der Waals surface area contributed by atoms with Gasteiger partial charge in [-0.25, -0.2) is 22.4 Å². The van der Waals surface area contributed by atoms with Gasteiger partial charge in [-0.05, 0) is 125 Å². The first-order valence-electron chi connectivity index (χ1n) is 26.9. The minimum atomic E-state index is -1.07. The highest BCUT2D eigenvalue weighted by Gasteiger charge is 2.41. The van der Waals surface area contributed by atoms with Crippen LogP contribution in [-0.4, -0.2) is 140 Å². The second kappa shape index (κ2) is 29.2. The third-order valence-corrected chi connectivity index (χ3v) is 14.5. The number of likely N-dealkylation sites (tertiary alicyclic amines) is 1. The van der Waals surface area contributed by atoms with Gasteiger partial charge in [-0.2, -0.15) is 0 Å². The molecule has 2 aliphatic rings. The maximum Gasteiger partial charge on any atom is 0.319 e. The predicted octanol–water partition coefficient (Wildman–Crippen LogP) is 8.38. The number of aliphatic hydroxyl groups is 2. The van der Waals surface area contributed by atoms with Crippen molar-refractivity contribution < 1.29 is 47.0 Å². The van der Waals surface area contributed by atoms with Crippen molar-refractivity contribution in [2.75, 3.05) is 67.5 Å². The number of urea groups is 1. The summed E-state index contributed by atoms with van der Waals surface area (Å²) in [6.45, 7) is 18.7. The van der Waals surface area contributed by atoms with Crippen LogP contribution < -0.4 is 26.6 Å². The lowest BCUT2D eigenvalue weighted by atomic mass is 9.78. The Morgan fingerprint density at radius 1 is 0.646 bits per heavy atom. The van der Waals surface area contributed by atoms with Gasteiger partial charge in [-0.15, -0.1) is 0 Å². The van der Waals surface area contributed by atoms with Crippen molar-refractivity contribution in [3.63, 3.8) is 0 Å². The largest absolute Gasteiger partial charge is 0.390 e. The molecule has 2 saturated heterocycles. The van der Waals surface area contributed by atoms with Crippen LogP contribution in [0.15, 0.2) is 84.9 Å². The van der Waals surface area contributed by atoms with Crippen molar-refractivity contribution in [3.8, 4) is 0 Å². The van der Waals surface area contributed by atoms with Gasteiger partial charge in [0, 0.05) is 86.9 Å². The van der Waals surface area contributed by atoms with Gasteiger partial charge in [0.05, 0.1) is 35.4 Å². The van der Waals surface area contributed by atoms with Crippen LogP contribution in [0.4, 0.5) is 27.2 Å². The molecule has 6 unspecified atom stereocenters. The molecule has 19 heteroatoms. The van der Waals surface area contributed by atoms with Crippen LogP contribution in [0.2, 0.25) is 0 Å². The maximum absolute atomic E-state index is 13.8. The van der Waals surface area contributed by atoms with Crippen LogP contribution in [0.5, 0.6) is 0 Å². The lowest BCUT2D eigenvalue weighted by Crippen LogP contribution is -2.60. The van der Waals surface area contributed by atoms with Crippen LogP contribution in [0.3, 0.4) is 0 Å². The van der Waals surface area contributed by atoms with E-state index in [1.165, 1.54) is 48.6 Å². The number of amides is 5. The van der Waals surface area contributed by atoms with Crippen molar-refractivity contribution in [2.24, 2.45) is 0 Å². The van der Waals surface area contributed by atoms with Gasteiger partial charge in [-0.1, -0.05) is 90.1 Å². The van der Waals surface area contributed by atoms with E-state index in [1.54, 1.807) is 33.1 Å². The van der Waals surface area contributed by atoms with Crippen molar-refractivity contribution >= 4 is 34.8 Å². The average Bonchev–Trinajstić information content (AvgIpc) is 3.36. The molecule has 2 fully saturated rings. The van der Waals surface area contributed by atoms with E-state index in [2.05, 4.69) is 105 Å². The number of nitrogens with zero attached hydrogens (tertiary/aromatic N) is 3. The number of carbonyl (C=O) groups is 4. The molecule has 0 aliphatic carbocycles. The molecule has 6 rings (SSSR count). The molecule has 79 heavy (non-hydrogen) atoms. The highest BCUT2D eigenvalue weighted by atomic mass is 35.5. The summed E-state index contributed by atoms with van der Waals surface area (Å²) < 4.78 is 55.0. The normalized spacial score (nSPS) is 19.0. The number of piperidine rings is 2. The van der Waals surface area contributed by atoms with Gasteiger partial charge in [-0.3, -0.25) is 14.4 Å². The van der Waals surface area contributed by atoms with Gasteiger partial charge in [0.25, 0.3) is 0 Å². The first kappa shape index (κ1) is 65.9. The van der Waals surface area contributed by atoms with Gasteiger partial charge >= 0.3 is 11.4 Å². The zero-order valence-electron chi connectivity index (χ0n) is 48.1. The molecule has 0 radical (unpaired) electrons. The van der Waals surface area contributed by atoms with E-state index in [1.807, 2.05) is 17.0 Å². The Hall–Kier alpha value is -5.63. The summed E-state index contributed by atoms with van der Waals surface area (Å²) in [5, 5.41) is 37.9. The number of hydrogen-bond donors (Lipinski definition) is 7. The summed E-state index contributed by atoms with van der Waals surface area (Å²) in [7, 11) is 6.64. The highest BCUT2D eigenvalue weighted by Crippen LogP contribution is 2.36. The monoisotopic (exact) mass is 1120 g/mol. The minimum absolute atomic E-state index is 0.00947. The molecule has 0 bridgehead atoms. The van der Waals surface area contributed by atoms with E-state index in [0.29, 0.717) is 30.8 Å². The predicted molar refractivity (Wildman–Crippen MR) is 304 cm³/mol. The first-order chi connectivity index (χ1) is 36.8. The molecule has 4 aromatic carbocycles. The van der Waals surface area contributed by atoms with Crippen molar-refractivity contribution in [3.05, 3.63) is 142 Å². The minimum Gasteiger partial charge on any atom is -0.390 e. The Kier molecular flexibility index (Phi) is 24.3. The molecule has 0 aromatic heterocycles. The van der Waals surface area contributed by atoms with Crippen molar-refractivity contribution in [2.45, 2.75) is 140 Å². The van der Waals surface area contributed by atoms with E-state index < -0.39 is 58.5 Å². The van der Waals surface area contributed by atoms with Crippen LogP contribution >= 0.6 is 11.6 Å². The fourth-order valence-corrected chi connectivity index (χ4v) is 9.89. The van der Waals surface area contributed by atoms with E-state index in [9.17, 15) is 47.0 Å². The molecule has 436 valence electrons. The van der Waals surface area contributed by atoms with E-state index in [0.717, 1.165) is 61.1 Å². The summed E-state index contributed by atoms with van der Waals surface area (Å²) in [5.74, 6) is -3.48. The van der Waals surface area contributed by atoms with Gasteiger partial charge < -0.3 is 51.5 Å². The SMILES string of the molecule is CC(=O)NC(Cc1cc(F)cc(F)c1)C(O)CNC1(c2cccc(C(C)(C)C)c2)CCCN(C(=O)N(C)C)C1.CC(=O)NC(Cc1cc(F)cc(F)c1)C(O)CNC1(c2cccc(C(C)(C)C)c2)CCCNC1.CN(C)C(=O)Cl. The molecule has 6 atom stereocenters. The summed E-state index contributed by atoms with van der Waals surface area (Å²) in [6, 6.07) is 21.7. The Morgan fingerprint density at radius 3 is 1.42 bits per heavy atom. The molecule has 14 nitrogen and oxygen atoms in total. The molecule has 0 spiro atoms. The number of benzene rings is 4. The van der Waals surface area contributed by atoms with Crippen LogP contribution in [-0.2, 0) is 44.3 Å². The summed E-state index contributed by atoms with van der Waals surface area (Å²) in [4.78, 5) is 51.2. The number of aliphatic hydroxyl groups excluding tert-OH is 2. The summed E-state index contributed by atoms with van der Waals surface area (Å²) in [6.07, 6.45) is 1.53. The average molecular weight is 1130 g/mol. The second-order valence-electron chi connectivity index (χ2n) is 23.4. The van der Waals surface area contributed by atoms with Gasteiger partial charge in [0.2, 0.25) is 11.8 Å². The number of halogens is 5. The quantitative estimate of drug-likeness (QED) is 0.0330. The Bertz CT molecular complexity index is 2620. The zero-order chi connectivity index (χ0) is 59.0. The van der Waals surface area contributed by atoms with E-state index in [-0.39, 0.29) is 60.1 Å². The van der Waals surface area contributed by atoms with Crippen LogP contribution in [0.1, 0.15) is 114 Å². The van der Waals surface area contributed by atoms with Gasteiger partial charge in [0.15, 0.2) is 0 Å². The maximum atomic E-state index is 13.8. The molecule has 2 aliphatic heterocycles. The lowest BCUT2D eigenvalue weighted by Gasteiger charge is -2.45. The number of carbonyl (C=O) groups excluding carboxylic acids is 4. The number of hydrogen-bond acceptors (Lipinski definition) is 9. The van der Waals surface area contributed by atoms with Crippen molar-refractivity contribution in [1.82, 2.24) is 41.3 Å². The second-order valence-corrected chi connectivity index (χ2v) is 23.8. The first-order valence-corrected chi connectivity index (χ1v) is 27.3. The molecule has 2 heterocycles. The third-order valence-electron chi connectivity index (χ3n) is 14.2. The fourth-order valence-electron chi connectivity index (χ4n) is 9.89. The molecule has 0 saturated carbocycles. The standard InChI is InChI=1S/C30H42F2N4O3.C27H37F2N3O2.C3H6ClNO/c1-20(37)34-26(15-21-13-24(31)17-25(32)14-21)27(38)18-33-30(11-8-12-36(19-30)28(39)35(5)6)23-10-7-9-22(16-23)29(2,3)4;1-18(33)32-24(13-19-11-22(28)15-23(29)12-19)25(34)16-31-27(9-6-10-30-17-27)21-8-5-7-20(14-21)26(2,3)4;1-5(2)3(4)6/h7,9-10,13-14,16-17,26-27,33,38H,8,11-12,15,18-19H2,1-6H3,(H,34,37);5,7-8,11-12,14-15,24-25,30-31,34H,6,9-10,13,16-17H2,1-4H3,(H,32,33);1-2H3. The van der Waals surface area contributed by atoms with Gasteiger partial charge in [0.1, 0.15) is 23.3 Å². The van der Waals surface area contributed by atoms with E-state index in [4.69, 9.17) is 11.6 Å². The third kappa shape index (κ3) is 20.5. The Labute approximate surface area is 470 Å². The van der Waals surface area contributed by atoms with Crippen LogP contribution in [0.25, 0.3) is 0 Å². The number of nitrogens with one attached hydrogen (secondary N) is 5. The zero-order valence-corrected chi connectivity index (χ0v) is 48.9. The number of rotatable bonds is 16. The molecular weight excluding hydrogens is 1040 g/mol. The topological polar surface area (TPSA) is 179 Å². The smallest absolute Gasteiger partial charge is 0.319 e. The molecule has 7 N–H and O–H groups in total. The lowest BCUT2D eigenvalue weighted by molar-refractivity contribution is -0.121. The van der Waals surface area contributed by atoms with E-state index >= 15 is 0 Å².